The first kappa shape index (κ1) is 15.0. The second-order valence-corrected chi connectivity index (χ2v) is 4.24. The number of hydrogen-bond acceptors (Lipinski definition) is 4. The van der Waals surface area contributed by atoms with Crippen molar-refractivity contribution in [1.82, 2.24) is 10.6 Å². The summed E-state index contributed by atoms with van der Waals surface area (Å²) in [4.78, 5) is 22.1. The van der Waals surface area contributed by atoms with Gasteiger partial charge < -0.3 is 10.5 Å². The standard InChI is InChI=1S/C13H19N3O3/c1-8(10-5-4-6-11(7-10)19-3)15-9(2)12(17)16-13(14)18/h4-9,15H,1-3H3,(H3,14,16,17,18)/t8-,9?/m1/s1. The van der Waals surface area contributed by atoms with Crippen LogP contribution in [0.1, 0.15) is 25.5 Å². The average molecular weight is 265 g/mol. The number of hydrogen-bond donors (Lipinski definition) is 3. The third-order valence-electron chi connectivity index (χ3n) is 2.73. The summed E-state index contributed by atoms with van der Waals surface area (Å²) >= 11 is 0. The van der Waals surface area contributed by atoms with E-state index in [0.717, 1.165) is 11.3 Å². The maximum absolute atomic E-state index is 11.5. The van der Waals surface area contributed by atoms with E-state index in [1.807, 2.05) is 36.5 Å². The van der Waals surface area contributed by atoms with Crippen LogP contribution in [0.5, 0.6) is 5.75 Å². The van der Waals surface area contributed by atoms with Crippen molar-refractivity contribution in [2.45, 2.75) is 25.9 Å². The number of primary amides is 1. The molecule has 0 fully saturated rings. The summed E-state index contributed by atoms with van der Waals surface area (Å²) in [6.45, 7) is 3.58. The van der Waals surface area contributed by atoms with Gasteiger partial charge in [-0.1, -0.05) is 12.1 Å². The van der Waals surface area contributed by atoms with E-state index in [0.29, 0.717) is 0 Å². The third kappa shape index (κ3) is 4.59. The largest absolute Gasteiger partial charge is 0.497 e. The van der Waals surface area contributed by atoms with Crippen molar-refractivity contribution < 1.29 is 14.3 Å². The van der Waals surface area contributed by atoms with Gasteiger partial charge in [-0.2, -0.15) is 0 Å². The normalized spacial score (nSPS) is 13.4. The number of nitrogens with two attached hydrogens (primary N) is 1. The van der Waals surface area contributed by atoms with Crippen LogP contribution in [0, 0.1) is 0 Å². The van der Waals surface area contributed by atoms with Gasteiger partial charge in [-0.3, -0.25) is 15.4 Å². The minimum absolute atomic E-state index is 0.0660. The van der Waals surface area contributed by atoms with Gasteiger partial charge in [0.25, 0.3) is 0 Å². The van der Waals surface area contributed by atoms with Crippen molar-refractivity contribution in [3.05, 3.63) is 29.8 Å². The molecule has 0 aliphatic rings. The second-order valence-electron chi connectivity index (χ2n) is 4.24. The van der Waals surface area contributed by atoms with Crippen LogP contribution in [0.3, 0.4) is 0 Å². The van der Waals surface area contributed by atoms with Crippen LogP contribution < -0.4 is 21.1 Å². The van der Waals surface area contributed by atoms with E-state index < -0.39 is 18.0 Å². The molecule has 19 heavy (non-hydrogen) atoms. The maximum atomic E-state index is 11.5. The number of carbonyl (C=O) groups excluding carboxylic acids is 2. The van der Waals surface area contributed by atoms with Gasteiger partial charge in [0.2, 0.25) is 5.91 Å². The fraction of sp³-hybridized carbons (Fsp3) is 0.385. The minimum Gasteiger partial charge on any atom is -0.497 e. The number of amides is 3. The molecule has 0 aliphatic heterocycles. The van der Waals surface area contributed by atoms with E-state index in [1.54, 1.807) is 14.0 Å². The molecule has 6 heteroatoms. The highest BCUT2D eigenvalue weighted by atomic mass is 16.5. The van der Waals surface area contributed by atoms with E-state index in [-0.39, 0.29) is 6.04 Å². The number of benzene rings is 1. The van der Waals surface area contributed by atoms with Gasteiger partial charge >= 0.3 is 6.03 Å². The number of nitrogens with one attached hydrogen (secondary N) is 2. The Kier molecular flexibility index (Phi) is 5.32. The van der Waals surface area contributed by atoms with Gasteiger partial charge in [-0.05, 0) is 31.5 Å². The molecule has 0 heterocycles. The van der Waals surface area contributed by atoms with Crippen molar-refractivity contribution in [2.24, 2.45) is 5.73 Å². The number of methoxy groups -OCH3 is 1. The van der Waals surface area contributed by atoms with Crippen molar-refractivity contribution >= 4 is 11.9 Å². The second kappa shape index (κ2) is 6.75. The lowest BCUT2D eigenvalue weighted by Gasteiger charge is -2.19. The molecule has 2 atom stereocenters. The molecule has 1 unspecified atom stereocenters. The van der Waals surface area contributed by atoms with Gasteiger partial charge in [0.15, 0.2) is 0 Å². The maximum Gasteiger partial charge on any atom is 0.318 e. The van der Waals surface area contributed by atoms with Gasteiger partial charge in [-0.25, -0.2) is 4.79 Å². The Morgan fingerprint density at radius 2 is 2.00 bits per heavy atom. The van der Waals surface area contributed by atoms with Crippen LogP contribution in [0.4, 0.5) is 4.79 Å². The first-order valence-corrected chi connectivity index (χ1v) is 5.94. The lowest BCUT2D eigenvalue weighted by molar-refractivity contribution is -0.121. The Morgan fingerprint density at radius 3 is 2.58 bits per heavy atom. The van der Waals surface area contributed by atoms with E-state index in [2.05, 4.69) is 5.32 Å². The summed E-state index contributed by atoms with van der Waals surface area (Å²) in [6, 6.07) is 6.08. The molecule has 0 bridgehead atoms. The van der Waals surface area contributed by atoms with E-state index in [9.17, 15) is 9.59 Å². The molecular weight excluding hydrogens is 246 g/mol. The van der Waals surface area contributed by atoms with E-state index in [1.165, 1.54) is 0 Å². The molecular formula is C13H19N3O3. The predicted molar refractivity (Wildman–Crippen MR) is 71.7 cm³/mol. The Bertz CT molecular complexity index is 462. The summed E-state index contributed by atoms with van der Waals surface area (Å²) in [7, 11) is 1.60. The SMILES string of the molecule is COc1cccc([C@@H](C)NC(C)C(=O)NC(N)=O)c1. The van der Waals surface area contributed by atoms with Crippen molar-refractivity contribution in [3.63, 3.8) is 0 Å². The number of carbonyl (C=O) groups is 2. The zero-order valence-electron chi connectivity index (χ0n) is 11.3. The van der Waals surface area contributed by atoms with Crippen LogP contribution in [-0.4, -0.2) is 25.1 Å². The average Bonchev–Trinajstić information content (AvgIpc) is 2.37. The lowest BCUT2D eigenvalue weighted by Crippen LogP contribution is -2.47. The molecule has 0 saturated carbocycles. The molecule has 0 saturated heterocycles. The van der Waals surface area contributed by atoms with Crippen LogP contribution in [0.25, 0.3) is 0 Å². The van der Waals surface area contributed by atoms with E-state index >= 15 is 0 Å². The van der Waals surface area contributed by atoms with Crippen molar-refractivity contribution in [1.29, 1.82) is 0 Å². The Morgan fingerprint density at radius 1 is 1.32 bits per heavy atom. The number of urea groups is 1. The highest BCUT2D eigenvalue weighted by Gasteiger charge is 2.17. The van der Waals surface area contributed by atoms with Crippen molar-refractivity contribution in [3.8, 4) is 5.75 Å². The summed E-state index contributed by atoms with van der Waals surface area (Å²) < 4.78 is 5.14. The molecule has 0 aliphatic carbocycles. The molecule has 0 spiro atoms. The smallest absolute Gasteiger partial charge is 0.318 e. The predicted octanol–water partition coefficient (Wildman–Crippen LogP) is 0.929. The van der Waals surface area contributed by atoms with Gasteiger partial charge in [-0.15, -0.1) is 0 Å². The Balaban J connectivity index is 2.65. The summed E-state index contributed by atoms with van der Waals surface area (Å²) in [5.41, 5.74) is 5.88. The van der Waals surface area contributed by atoms with Crippen LogP contribution in [-0.2, 0) is 4.79 Å². The molecule has 3 amide bonds. The molecule has 1 aromatic carbocycles. The zero-order valence-corrected chi connectivity index (χ0v) is 11.3. The van der Waals surface area contributed by atoms with Crippen LogP contribution >= 0.6 is 0 Å². The summed E-state index contributed by atoms with van der Waals surface area (Å²) in [5, 5.41) is 5.11. The molecule has 1 aromatic rings. The lowest BCUT2D eigenvalue weighted by atomic mass is 10.1. The van der Waals surface area contributed by atoms with Crippen molar-refractivity contribution in [2.75, 3.05) is 7.11 Å². The highest BCUT2D eigenvalue weighted by molar-refractivity contribution is 5.96. The topological polar surface area (TPSA) is 93.4 Å². The molecule has 104 valence electrons. The Labute approximate surface area is 112 Å². The minimum atomic E-state index is -0.854. The molecule has 1 rings (SSSR count). The summed E-state index contributed by atoms with van der Waals surface area (Å²) in [5.74, 6) is 0.294. The monoisotopic (exact) mass is 265 g/mol. The molecule has 0 aromatic heterocycles. The third-order valence-corrected chi connectivity index (χ3v) is 2.73. The quantitative estimate of drug-likeness (QED) is 0.738. The first-order valence-electron chi connectivity index (χ1n) is 5.94. The fourth-order valence-electron chi connectivity index (χ4n) is 1.69. The van der Waals surface area contributed by atoms with Gasteiger partial charge in [0, 0.05) is 6.04 Å². The first-order chi connectivity index (χ1) is 8.93. The summed E-state index contributed by atoms with van der Waals surface area (Å²) in [6.07, 6.45) is 0. The number of rotatable bonds is 5. The van der Waals surface area contributed by atoms with Gasteiger partial charge in [0.1, 0.15) is 5.75 Å². The zero-order chi connectivity index (χ0) is 14.4. The number of ether oxygens (including phenoxy) is 1. The van der Waals surface area contributed by atoms with E-state index in [4.69, 9.17) is 10.5 Å². The van der Waals surface area contributed by atoms with Crippen LogP contribution in [0.15, 0.2) is 24.3 Å². The van der Waals surface area contributed by atoms with Crippen LogP contribution in [0.2, 0.25) is 0 Å². The molecule has 4 N–H and O–H groups in total. The highest BCUT2D eigenvalue weighted by Crippen LogP contribution is 2.19. The fourth-order valence-corrected chi connectivity index (χ4v) is 1.69. The molecule has 6 nitrogen and oxygen atoms in total. The van der Waals surface area contributed by atoms with Gasteiger partial charge in [0.05, 0.1) is 13.2 Å². The molecule has 0 radical (unpaired) electrons. The Hall–Kier alpha value is -2.08. The number of imide groups is 1.